The molecule has 0 aromatic heterocycles. The largest absolute Gasteiger partial charge is 0.393 e. The zero-order valence-corrected chi connectivity index (χ0v) is 12.7. The molecule has 3 aliphatic rings. The van der Waals surface area contributed by atoms with Gasteiger partial charge in [-0.2, -0.15) is 0 Å². The molecule has 19 heavy (non-hydrogen) atoms. The Balaban J connectivity index is 1.82. The molecule has 3 saturated carbocycles. The highest BCUT2D eigenvalue weighted by Crippen LogP contribution is 2.64. The molecule has 1 heteroatoms. The van der Waals surface area contributed by atoms with Gasteiger partial charge in [0.25, 0.3) is 0 Å². The van der Waals surface area contributed by atoms with Gasteiger partial charge in [-0.25, -0.2) is 0 Å². The summed E-state index contributed by atoms with van der Waals surface area (Å²) >= 11 is 0. The number of hydrogen-bond acceptors (Lipinski definition) is 1. The van der Waals surface area contributed by atoms with Crippen molar-refractivity contribution < 1.29 is 5.11 Å². The van der Waals surface area contributed by atoms with Crippen LogP contribution >= 0.6 is 0 Å². The molecule has 3 aliphatic carbocycles. The molecular weight excluding hydrogens is 232 g/mol. The van der Waals surface area contributed by atoms with E-state index in [0.29, 0.717) is 5.41 Å². The fraction of sp³-hybridized carbons (Fsp3) is 0.889. The summed E-state index contributed by atoms with van der Waals surface area (Å²) in [5.41, 5.74) is 2.14. The summed E-state index contributed by atoms with van der Waals surface area (Å²) in [4.78, 5) is 0. The van der Waals surface area contributed by atoms with E-state index in [4.69, 9.17) is 0 Å². The molecule has 6 atom stereocenters. The predicted molar refractivity (Wildman–Crippen MR) is 79.8 cm³/mol. The lowest BCUT2D eigenvalue weighted by Gasteiger charge is -2.52. The van der Waals surface area contributed by atoms with Crippen molar-refractivity contribution in [2.45, 2.75) is 71.3 Å². The average molecular weight is 262 g/mol. The molecule has 0 saturated heterocycles. The molecule has 108 valence electrons. The van der Waals surface area contributed by atoms with Crippen molar-refractivity contribution in [2.24, 2.45) is 29.1 Å². The molecule has 0 amide bonds. The minimum atomic E-state index is -0.0788. The summed E-state index contributed by atoms with van der Waals surface area (Å²) in [6.07, 6.45) is 10.2. The maximum Gasteiger partial charge on any atom is 0.0540 e. The van der Waals surface area contributed by atoms with E-state index in [1.54, 1.807) is 5.57 Å². The minimum Gasteiger partial charge on any atom is -0.393 e. The van der Waals surface area contributed by atoms with Gasteiger partial charge < -0.3 is 5.11 Å². The van der Waals surface area contributed by atoms with Crippen LogP contribution in [0.3, 0.4) is 0 Å². The van der Waals surface area contributed by atoms with Gasteiger partial charge in [0.05, 0.1) is 6.10 Å². The zero-order valence-electron chi connectivity index (χ0n) is 12.7. The highest BCUT2D eigenvalue weighted by Gasteiger charge is 2.54. The highest BCUT2D eigenvalue weighted by atomic mass is 16.3. The second-order valence-electron chi connectivity index (χ2n) is 7.76. The van der Waals surface area contributed by atoms with Crippen LogP contribution in [0, 0.1) is 29.1 Å². The fourth-order valence-corrected chi connectivity index (χ4v) is 5.63. The summed E-state index contributed by atoms with van der Waals surface area (Å²) in [6, 6.07) is 0. The van der Waals surface area contributed by atoms with Gasteiger partial charge in [0.2, 0.25) is 0 Å². The first-order valence-electron chi connectivity index (χ1n) is 8.41. The second kappa shape index (κ2) is 4.91. The third-order valence-corrected chi connectivity index (χ3v) is 6.78. The molecule has 0 heterocycles. The van der Waals surface area contributed by atoms with E-state index in [9.17, 15) is 5.11 Å². The first-order valence-corrected chi connectivity index (χ1v) is 8.41. The number of allylic oxidation sites excluding steroid dienone is 1. The van der Waals surface area contributed by atoms with E-state index < -0.39 is 0 Å². The molecular formula is C18H30O. The summed E-state index contributed by atoms with van der Waals surface area (Å²) in [5.74, 6) is 3.27. The van der Waals surface area contributed by atoms with Crippen molar-refractivity contribution in [3.8, 4) is 0 Å². The van der Waals surface area contributed by atoms with Crippen LogP contribution in [0.25, 0.3) is 0 Å². The Labute approximate surface area is 118 Å². The van der Waals surface area contributed by atoms with E-state index in [-0.39, 0.29) is 6.10 Å². The maximum atomic E-state index is 10.1. The third kappa shape index (κ3) is 2.18. The van der Waals surface area contributed by atoms with Crippen LogP contribution in [0.4, 0.5) is 0 Å². The molecule has 2 bridgehead atoms. The Kier molecular flexibility index (Phi) is 3.53. The van der Waals surface area contributed by atoms with Gasteiger partial charge in [0.1, 0.15) is 0 Å². The number of aliphatic hydroxyl groups excluding tert-OH is 1. The monoisotopic (exact) mass is 262 g/mol. The molecule has 3 fully saturated rings. The highest BCUT2D eigenvalue weighted by molar-refractivity contribution is 5.19. The minimum absolute atomic E-state index is 0.0788. The second-order valence-corrected chi connectivity index (χ2v) is 7.76. The predicted octanol–water partition coefficient (Wildman–Crippen LogP) is 4.56. The van der Waals surface area contributed by atoms with E-state index in [2.05, 4.69) is 20.4 Å². The van der Waals surface area contributed by atoms with Crippen molar-refractivity contribution in [3.63, 3.8) is 0 Å². The number of hydrogen-bond donors (Lipinski definition) is 1. The number of rotatable bonds is 3. The van der Waals surface area contributed by atoms with Crippen LogP contribution in [0.2, 0.25) is 0 Å². The topological polar surface area (TPSA) is 20.2 Å². The van der Waals surface area contributed by atoms with Crippen LogP contribution in [0.1, 0.15) is 65.2 Å². The summed E-state index contributed by atoms with van der Waals surface area (Å²) < 4.78 is 0. The fourth-order valence-electron chi connectivity index (χ4n) is 5.63. The molecule has 0 radical (unpaired) electrons. The van der Waals surface area contributed by atoms with Gasteiger partial charge in [-0.15, -0.1) is 0 Å². The van der Waals surface area contributed by atoms with Crippen LogP contribution in [-0.4, -0.2) is 11.2 Å². The zero-order chi connectivity index (χ0) is 13.6. The standard InChI is InChI=1S/C18H30O/c1-4-15(19)9-16-12(2)7-8-18-10-13(3)14(11-18)5-6-17(16)18/h12,14-17,19H,3-11H2,1-2H3/t12?,14-,15-,16?,17?,18-/m1/s1. The van der Waals surface area contributed by atoms with E-state index >= 15 is 0 Å². The van der Waals surface area contributed by atoms with Gasteiger partial charge in [0.15, 0.2) is 0 Å². The lowest BCUT2D eigenvalue weighted by molar-refractivity contribution is -0.0362. The van der Waals surface area contributed by atoms with Gasteiger partial charge in [-0.3, -0.25) is 0 Å². The van der Waals surface area contributed by atoms with Crippen molar-refractivity contribution in [2.75, 3.05) is 0 Å². The molecule has 1 nitrogen and oxygen atoms in total. The first-order chi connectivity index (χ1) is 9.05. The van der Waals surface area contributed by atoms with E-state index in [0.717, 1.165) is 36.5 Å². The smallest absolute Gasteiger partial charge is 0.0540 e. The van der Waals surface area contributed by atoms with Crippen molar-refractivity contribution >= 4 is 0 Å². The Hall–Kier alpha value is -0.300. The normalized spacial score (nSPS) is 47.0. The van der Waals surface area contributed by atoms with E-state index in [1.807, 2.05) is 0 Å². The number of fused-ring (bicyclic) bond motifs is 1. The Bertz CT molecular complexity index is 361. The molecule has 3 unspecified atom stereocenters. The SMILES string of the molecule is C=C1C[C@@]23CCC(C)C(C[C@H](O)CC)C2CC[C@@H]1C3. The van der Waals surface area contributed by atoms with Crippen LogP contribution < -0.4 is 0 Å². The lowest BCUT2D eigenvalue weighted by Crippen LogP contribution is -2.44. The Morgan fingerprint density at radius 1 is 1.37 bits per heavy atom. The van der Waals surface area contributed by atoms with Gasteiger partial charge in [0, 0.05) is 0 Å². The van der Waals surface area contributed by atoms with Crippen LogP contribution in [-0.2, 0) is 0 Å². The molecule has 1 spiro atoms. The Morgan fingerprint density at radius 2 is 2.16 bits per heavy atom. The maximum absolute atomic E-state index is 10.1. The Morgan fingerprint density at radius 3 is 2.89 bits per heavy atom. The summed E-state index contributed by atoms with van der Waals surface area (Å²) in [7, 11) is 0. The summed E-state index contributed by atoms with van der Waals surface area (Å²) in [6.45, 7) is 8.89. The lowest BCUT2D eigenvalue weighted by atomic mass is 9.53. The van der Waals surface area contributed by atoms with Crippen LogP contribution in [0.5, 0.6) is 0 Å². The van der Waals surface area contributed by atoms with Crippen molar-refractivity contribution in [1.29, 1.82) is 0 Å². The number of aliphatic hydroxyl groups is 1. The van der Waals surface area contributed by atoms with Crippen molar-refractivity contribution in [1.82, 2.24) is 0 Å². The quantitative estimate of drug-likeness (QED) is 0.739. The van der Waals surface area contributed by atoms with Gasteiger partial charge in [-0.05, 0) is 80.5 Å². The van der Waals surface area contributed by atoms with Gasteiger partial charge in [-0.1, -0.05) is 26.0 Å². The molecule has 3 rings (SSSR count). The van der Waals surface area contributed by atoms with Crippen molar-refractivity contribution in [3.05, 3.63) is 12.2 Å². The average Bonchev–Trinajstić information content (AvgIpc) is 2.64. The third-order valence-electron chi connectivity index (χ3n) is 6.78. The summed E-state index contributed by atoms with van der Waals surface area (Å²) in [5, 5.41) is 10.1. The first kappa shape index (κ1) is 13.7. The van der Waals surface area contributed by atoms with Crippen LogP contribution in [0.15, 0.2) is 12.2 Å². The van der Waals surface area contributed by atoms with Gasteiger partial charge >= 0.3 is 0 Å². The van der Waals surface area contributed by atoms with E-state index in [1.165, 1.54) is 38.5 Å². The molecule has 0 aliphatic heterocycles. The molecule has 0 aromatic carbocycles. The molecule has 1 N–H and O–H groups in total. The molecule has 0 aromatic rings.